The number of sulfonamides is 1. The zero-order valence-corrected chi connectivity index (χ0v) is 16.9. The van der Waals surface area contributed by atoms with Crippen LogP contribution in [-0.2, 0) is 14.8 Å². The van der Waals surface area contributed by atoms with Crippen molar-refractivity contribution >= 4 is 21.6 Å². The monoisotopic (exact) mass is 390 g/mol. The van der Waals surface area contributed by atoms with E-state index >= 15 is 0 Å². The second-order valence-electron chi connectivity index (χ2n) is 6.56. The lowest BCUT2D eigenvalue weighted by molar-refractivity contribution is -0.122. The number of amides is 1. The molecule has 146 valence electrons. The zero-order valence-electron chi connectivity index (χ0n) is 16.0. The molecular weight excluding hydrogens is 364 g/mol. The lowest BCUT2D eigenvalue weighted by atomic mass is 10.2. The van der Waals surface area contributed by atoms with Crippen LogP contribution in [0.3, 0.4) is 0 Å². The van der Waals surface area contributed by atoms with Gasteiger partial charge in [-0.3, -0.25) is 9.10 Å². The number of hydrogen-bond donors (Lipinski definition) is 1. The summed E-state index contributed by atoms with van der Waals surface area (Å²) in [6.07, 6.45) is 1.09. The number of nitrogens with one attached hydrogen (secondary N) is 1. The van der Waals surface area contributed by atoms with Crippen LogP contribution < -0.4 is 14.4 Å². The predicted molar refractivity (Wildman–Crippen MR) is 108 cm³/mol. The summed E-state index contributed by atoms with van der Waals surface area (Å²) in [4.78, 5) is 12.6. The standard InChI is InChI=1S/C20H26N2O4S/c1-15-10-8-9-13-19(15)26-14-16(2)21-20(23)17(3)22(27(4,24)25)18-11-6-5-7-12-18/h5-13,16-17H,14H2,1-4H3,(H,21,23)/t16-,17+/m0/s1. The minimum Gasteiger partial charge on any atom is -0.491 e. The second kappa shape index (κ2) is 8.90. The number of para-hydroxylation sites is 2. The largest absolute Gasteiger partial charge is 0.491 e. The van der Waals surface area contributed by atoms with Gasteiger partial charge in [0, 0.05) is 0 Å². The van der Waals surface area contributed by atoms with E-state index < -0.39 is 16.1 Å². The quantitative estimate of drug-likeness (QED) is 0.752. The maximum Gasteiger partial charge on any atom is 0.243 e. The SMILES string of the molecule is Cc1ccccc1OC[C@H](C)NC(=O)[C@@H](C)N(c1ccccc1)S(C)(=O)=O. The predicted octanol–water partition coefficient (Wildman–Crippen LogP) is 2.73. The van der Waals surface area contributed by atoms with Gasteiger partial charge in [-0.2, -0.15) is 0 Å². The Morgan fingerprint density at radius 1 is 1.07 bits per heavy atom. The van der Waals surface area contributed by atoms with Crippen molar-refractivity contribution in [3.63, 3.8) is 0 Å². The van der Waals surface area contributed by atoms with Crippen molar-refractivity contribution in [2.24, 2.45) is 0 Å². The smallest absolute Gasteiger partial charge is 0.243 e. The Labute approximate surface area is 161 Å². The van der Waals surface area contributed by atoms with Crippen LogP contribution in [0.5, 0.6) is 5.75 Å². The molecule has 0 fully saturated rings. The van der Waals surface area contributed by atoms with Gasteiger partial charge >= 0.3 is 0 Å². The molecule has 2 atom stereocenters. The third kappa shape index (κ3) is 5.72. The molecule has 2 rings (SSSR count). The second-order valence-corrected chi connectivity index (χ2v) is 8.42. The molecule has 2 aromatic rings. The van der Waals surface area contributed by atoms with Crippen molar-refractivity contribution in [1.82, 2.24) is 5.32 Å². The number of nitrogens with zero attached hydrogens (tertiary/aromatic N) is 1. The Morgan fingerprint density at radius 2 is 1.67 bits per heavy atom. The average Bonchev–Trinajstić information content (AvgIpc) is 2.60. The minimum absolute atomic E-state index is 0.281. The van der Waals surface area contributed by atoms with Crippen molar-refractivity contribution in [2.75, 3.05) is 17.2 Å². The fourth-order valence-corrected chi connectivity index (χ4v) is 3.90. The number of aryl methyl sites for hydroxylation is 1. The van der Waals surface area contributed by atoms with Gasteiger partial charge in [0.15, 0.2) is 0 Å². The first-order chi connectivity index (χ1) is 12.7. The topological polar surface area (TPSA) is 75.7 Å². The normalized spacial score (nSPS) is 13.5. The maximum absolute atomic E-state index is 12.6. The molecule has 27 heavy (non-hydrogen) atoms. The first-order valence-corrected chi connectivity index (χ1v) is 10.6. The van der Waals surface area contributed by atoms with Crippen LogP contribution in [0.1, 0.15) is 19.4 Å². The molecule has 0 aliphatic heterocycles. The number of carbonyl (C=O) groups is 1. The van der Waals surface area contributed by atoms with Crippen LogP contribution in [0.4, 0.5) is 5.69 Å². The number of hydrogen-bond acceptors (Lipinski definition) is 4. The average molecular weight is 391 g/mol. The van der Waals surface area contributed by atoms with Crippen LogP contribution in [0, 0.1) is 6.92 Å². The molecule has 0 saturated heterocycles. The van der Waals surface area contributed by atoms with Crippen LogP contribution >= 0.6 is 0 Å². The van der Waals surface area contributed by atoms with E-state index in [1.54, 1.807) is 37.3 Å². The molecule has 0 bridgehead atoms. The molecule has 0 aliphatic carbocycles. The molecule has 6 nitrogen and oxygen atoms in total. The Morgan fingerprint density at radius 3 is 2.26 bits per heavy atom. The van der Waals surface area contributed by atoms with Crippen LogP contribution in [0.2, 0.25) is 0 Å². The highest BCUT2D eigenvalue weighted by Gasteiger charge is 2.29. The summed E-state index contributed by atoms with van der Waals surface area (Å²) in [5.74, 6) is 0.374. The highest BCUT2D eigenvalue weighted by Crippen LogP contribution is 2.20. The molecule has 0 unspecified atom stereocenters. The van der Waals surface area contributed by atoms with E-state index in [9.17, 15) is 13.2 Å². The lowest BCUT2D eigenvalue weighted by Gasteiger charge is -2.29. The van der Waals surface area contributed by atoms with Crippen LogP contribution in [0.15, 0.2) is 54.6 Å². The Bertz CT molecular complexity index is 869. The van der Waals surface area contributed by atoms with Gasteiger partial charge in [-0.25, -0.2) is 8.42 Å². The van der Waals surface area contributed by atoms with Crippen LogP contribution in [0.25, 0.3) is 0 Å². The fraction of sp³-hybridized carbons (Fsp3) is 0.350. The zero-order chi connectivity index (χ0) is 20.0. The lowest BCUT2D eigenvalue weighted by Crippen LogP contribution is -2.50. The number of rotatable bonds is 8. The maximum atomic E-state index is 12.6. The van der Waals surface area contributed by atoms with Gasteiger partial charge in [0.2, 0.25) is 15.9 Å². The summed E-state index contributed by atoms with van der Waals surface area (Å²) in [5.41, 5.74) is 1.46. The molecule has 1 amide bonds. The molecule has 0 heterocycles. The molecule has 2 aromatic carbocycles. The molecular formula is C20H26N2O4S. The van der Waals surface area contributed by atoms with E-state index in [4.69, 9.17) is 4.74 Å². The van der Waals surface area contributed by atoms with Gasteiger partial charge in [-0.1, -0.05) is 36.4 Å². The summed E-state index contributed by atoms with van der Waals surface area (Å²) < 4.78 is 31.3. The molecule has 0 aromatic heterocycles. The molecule has 0 saturated carbocycles. The van der Waals surface area contributed by atoms with Crippen molar-refractivity contribution in [3.8, 4) is 5.75 Å². The van der Waals surface area contributed by atoms with E-state index in [0.29, 0.717) is 5.69 Å². The third-order valence-corrected chi connectivity index (χ3v) is 5.31. The summed E-state index contributed by atoms with van der Waals surface area (Å²) >= 11 is 0. The van der Waals surface area contributed by atoms with E-state index in [-0.39, 0.29) is 18.6 Å². The first kappa shape index (κ1) is 20.8. The number of carbonyl (C=O) groups excluding carboxylic acids is 1. The van der Waals surface area contributed by atoms with Gasteiger partial charge in [0.25, 0.3) is 0 Å². The molecule has 0 aliphatic rings. The van der Waals surface area contributed by atoms with Crippen LogP contribution in [-0.4, -0.2) is 39.3 Å². The van der Waals surface area contributed by atoms with Gasteiger partial charge in [0.1, 0.15) is 18.4 Å². The van der Waals surface area contributed by atoms with Gasteiger partial charge in [-0.15, -0.1) is 0 Å². The molecule has 0 radical (unpaired) electrons. The highest BCUT2D eigenvalue weighted by atomic mass is 32.2. The van der Waals surface area contributed by atoms with Crippen molar-refractivity contribution < 1.29 is 17.9 Å². The highest BCUT2D eigenvalue weighted by molar-refractivity contribution is 7.92. The Balaban J connectivity index is 2.03. The van der Waals surface area contributed by atoms with E-state index in [0.717, 1.165) is 21.9 Å². The number of anilines is 1. The summed E-state index contributed by atoms with van der Waals surface area (Å²) in [5, 5.41) is 2.82. The fourth-order valence-electron chi connectivity index (χ4n) is 2.72. The van der Waals surface area contributed by atoms with Gasteiger partial charge < -0.3 is 10.1 Å². The Kier molecular flexibility index (Phi) is 6.85. The number of benzene rings is 2. The third-order valence-electron chi connectivity index (χ3n) is 4.07. The number of ether oxygens (including phenoxy) is 1. The first-order valence-electron chi connectivity index (χ1n) is 8.73. The minimum atomic E-state index is -3.62. The van der Waals surface area contributed by atoms with E-state index in [1.165, 1.54) is 0 Å². The summed E-state index contributed by atoms with van der Waals surface area (Å²) in [6, 6.07) is 15.0. The summed E-state index contributed by atoms with van der Waals surface area (Å²) in [6.45, 7) is 5.62. The molecule has 0 spiro atoms. The van der Waals surface area contributed by atoms with E-state index in [2.05, 4.69) is 5.32 Å². The van der Waals surface area contributed by atoms with Gasteiger partial charge in [0.05, 0.1) is 18.0 Å². The van der Waals surface area contributed by atoms with E-state index in [1.807, 2.05) is 38.1 Å². The Hall–Kier alpha value is -2.54. The van der Waals surface area contributed by atoms with Crippen molar-refractivity contribution in [3.05, 3.63) is 60.2 Å². The summed E-state index contributed by atoms with van der Waals surface area (Å²) in [7, 11) is -3.62. The molecule has 1 N–H and O–H groups in total. The molecule has 7 heteroatoms. The van der Waals surface area contributed by atoms with Gasteiger partial charge in [-0.05, 0) is 44.5 Å². The van der Waals surface area contributed by atoms with Crippen molar-refractivity contribution in [2.45, 2.75) is 32.9 Å². The van der Waals surface area contributed by atoms with Crippen molar-refractivity contribution in [1.29, 1.82) is 0 Å².